The fourth-order valence-corrected chi connectivity index (χ4v) is 2.31. The highest BCUT2D eigenvalue weighted by Crippen LogP contribution is 2.15. The molecular formula is C14H15N3O2S. The van der Waals surface area contributed by atoms with Crippen LogP contribution in [0.15, 0.2) is 30.5 Å². The summed E-state index contributed by atoms with van der Waals surface area (Å²) in [7, 11) is 0. The molecule has 5 nitrogen and oxygen atoms in total. The lowest BCUT2D eigenvalue weighted by Crippen LogP contribution is -2.32. The number of nitrogens with one attached hydrogen (secondary N) is 2. The molecule has 0 radical (unpaired) electrons. The first-order valence-electron chi connectivity index (χ1n) is 6.12. The average Bonchev–Trinajstić information content (AvgIpc) is 2.81. The Morgan fingerprint density at radius 3 is 2.75 bits per heavy atom. The second-order valence-corrected chi connectivity index (χ2v) is 5.61. The van der Waals surface area contributed by atoms with E-state index >= 15 is 0 Å². The predicted molar refractivity (Wildman–Crippen MR) is 79.0 cm³/mol. The molecule has 0 aliphatic carbocycles. The number of hydrogen-bond donors (Lipinski definition) is 2. The van der Waals surface area contributed by atoms with Crippen LogP contribution in [0.25, 0.3) is 0 Å². The van der Waals surface area contributed by atoms with Gasteiger partial charge < -0.3 is 10.6 Å². The minimum absolute atomic E-state index is 0.0780. The standard InChI is InChI=1S/C14H15N3O2S/c1-9-4-3-5-11(6-9)13(19)15-8-12(18)17-14-16-7-10(2)20-14/h3-7H,8H2,1-2H3,(H,15,19)(H,16,17,18). The van der Waals surface area contributed by atoms with Gasteiger partial charge in [-0.05, 0) is 26.0 Å². The molecule has 0 bridgehead atoms. The van der Waals surface area contributed by atoms with Crippen LogP contribution in [0.2, 0.25) is 0 Å². The number of hydrogen-bond acceptors (Lipinski definition) is 4. The van der Waals surface area contributed by atoms with Gasteiger partial charge in [-0.1, -0.05) is 17.7 Å². The largest absolute Gasteiger partial charge is 0.343 e. The van der Waals surface area contributed by atoms with Crippen LogP contribution in [-0.2, 0) is 4.79 Å². The van der Waals surface area contributed by atoms with Gasteiger partial charge in [-0.25, -0.2) is 4.98 Å². The van der Waals surface area contributed by atoms with Gasteiger partial charge in [0, 0.05) is 16.6 Å². The van der Waals surface area contributed by atoms with E-state index in [0.29, 0.717) is 10.7 Å². The molecule has 0 spiro atoms. The number of anilines is 1. The van der Waals surface area contributed by atoms with Crippen LogP contribution < -0.4 is 10.6 Å². The summed E-state index contributed by atoms with van der Waals surface area (Å²) in [5.41, 5.74) is 1.54. The Labute approximate surface area is 121 Å². The molecule has 2 aromatic rings. The Bertz CT molecular complexity index is 637. The highest BCUT2D eigenvalue weighted by Gasteiger charge is 2.09. The summed E-state index contributed by atoms with van der Waals surface area (Å²) < 4.78 is 0. The van der Waals surface area contributed by atoms with Crippen molar-refractivity contribution >= 4 is 28.3 Å². The van der Waals surface area contributed by atoms with Crippen molar-refractivity contribution in [2.45, 2.75) is 13.8 Å². The molecule has 1 aromatic heterocycles. The fraction of sp³-hybridized carbons (Fsp3) is 0.214. The maximum absolute atomic E-state index is 11.9. The zero-order chi connectivity index (χ0) is 14.5. The number of benzene rings is 1. The molecule has 0 saturated carbocycles. The highest BCUT2D eigenvalue weighted by molar-refractivity contribution is 7.15. The van der Waals surface area contributed by atoms with Crippen LogP contribution in [0.1, 0.15) is 20.8 Å². The summed E-state index contributed by atoms with van der Waals surface area (Å²) >= 11 is 1.39. The molecule has 0 aliphatic rings. The van der Waals surface area contributed by atoms with Gasteiger partial charge in [0.15, 0.2) is 5.13 Å². The monoisotopic (exact) mass is 289 g/mol. The highest BCUT2D eigenvalue weighted by atomic mass is 32.1. The Morgan fingerprint density at radius 2 is 2.10 bits per heavy atom. The van der Waals surface area contributed by atoms with E-state index in [2.05, 4.69) is 15.6 Å². The number of thiazole rings is 1. The molecule has 104 valence electrons. The van der Waals surface area contributed by atoms with Gasteiger partial charge in [0.2, 0.25) is 5.91 Å². The van der Waals surface area contributed by atoms with Gasteiger partial charge in [-0.2, -0.15) is 0 Å². The van der Waals surface area contributed by atoms with Crippen LogP contribution in [0, 0.1) is 13.8 Å². The van der Waals surface area contributed by atoms with Gasteiger partial charge in [0.1, 0.15) is 0 Å². The molecule has 1 aromatic carbocycles. The molecule has 0 fully saturated rings. The first-order valence-corrected chi connectivity index (χ1v) is 6.93. The molecule has 1 heterocycles. The van der Waals surface area contributed by atoms with Gasteiger partial charge in [-0.3, -0.25) is 9.59 Å². The van der Waals surface area contributed by atoms with Crippen molar-refractivity contribution < 1.29 is 9.59 Å². The van der Waals surface area contributed by atoms with Crippen LogP contribution in [-0.4, -0.2) is 23.3 Å². The van der Waals surface area contributed by atoms with Crippen molar-refractivity contribution in [1.82, 2.24) is 10.3 Å². The number of amides is 2. The molecule has 2 amide bonds. The summed E-state index contributed by atoms with van der Waals surface area (Å²) in [6, 6.07) is 7.21. The first-order chi connectivity index (χ1) is 9.54. The van der Waals surface area contributed by atoms with E-state index in [1.54, 1.807) is 18.3 Å². The Morgan fingerprint density at radius 1 is 1.30 bits per heavy atom. The van der Waals surface area contributed by atoms with E-state index in [9.17, 15) is 9.59 Å². The van der Waals surface area contributed by atoms with Gasteiger partial charge in [-0.15, -0.1) is 11.3 Å². The molecule has 0 aliphatic heterocycles. The van der Waals surface area contributed by atoms with Gasteiger partial charge in [0.25, 0.3) is 5.91 Å². The summed E-state index contributed by atoms with van der Waals surface area (Å²) in [6.07, 6.45) is 1.69. The third-order valence-electron chi connectivity index (χ3n) is 2.56. The molecule has 6 heteroatoms. The number of aromatic nitrogens is 1. The summed E-state index contributed by atoms with van der Waals surface area (Å²) in [4.78, 5) is 28.6. The van der Waals surface area contributed by atoms with E-state index in [-0.39, 0.29) is 18.4 Å². The molecule has 2 rings (SSSR count). The number of rotatable bonds is 4. The average molecular weight is 289 g/mol. The van der Waals surface area contributed by atoms with Gasteiger partial charge >= 0.3 is 0 Å². The predicted octanol–water partition coefficient (Wildman–Crippen LogP) is 2.13. The molecule has 0 saturated heterocycles. The third kappa shape index (κ3) is 3.89. The summed E-state index contributed by atoms with van der Waals surface area (Å²) in [5, 5.41) is 5.75. The van der Waals surface area contributed by atoms with E-state index in [1.165, 1.54) is 11.3 Å². The number of nitrogens with zero attached hydrogens (tertiary/aromatic N) is 1. The second kappa shape index (κ2) is 6.29. The van der Waals surface area contributed by atoms with Crippen molar-refractivity contribution in [2.75, 3.05) is 11.9 Å². The molecule has 0 atom stereocenters. The normalized spacial score (nSPS) is 10.1. The molecular weight excluding hydrogens is 274 g/mol. The fourth-order valence-electron chi connectivity index (χ4n) is 1.62. The van der Waals surface area contributed by atoms with E-state index in [0.717, 1.165) is 10.4 Å². The first kappa shape index (κ1) is 14.2. The van der Waals surface area contributed by atoms with Crippen LogP contribution >= 0.6 is 11.3 Å². The topological polar surface area (TPSA) is 71.1 Å². The Kier molecular flexibility index (Phi) is 4.47. The van der Waals surface area contributed by atoms with Crippen LogP contribution in [0.4, 0.5) is 5.13 Å². The van der Waals surface area contributed by atoms with Gasteiger partial charge in [0.05, 0.1) is 6.54 Å². The smallest absolute Gasteiger partial charge is 0.251 e. The number of carbonyl (C=O) groups excluding carboxylic acids is 2. The van der Waals surface area contributed by atoms with E-state index in [1.807, 2.05) is 26.0 Å². The van der Waals surface area contributed by atoms with Crippen molar-refractivity contribution in [3.63, 3.8) is 0 Å². The zero-order valence-corrected chi connectivity index (χ0v) is 12.1. The van der Waals surface area contributed by atoms with Crippen LogP contribution in [0.3, 0.4) is 0 Å². The van der Waals surface area contributed by atoms with E-state index < -0.39 is 0 Å². The molecule has 0 unspecified atom stereocenters. The molecule has 20 heavy (non-hydrogen) atoms. The second-order valence-electron chi connectivity index (χ2n) is 4.38. The zero-order valence-electron chi connectivity index (χ0n) is 11.3. The summed E-state index contributed by atoms with van der Waals surface area (Å²) in [5.74, 6) is -0.556. The van der Waals surface area contributed by atoms with Crippen molar-refractivity contribution in [1.29, 1.82) is 0 Å². The maximum Gasteiger partial charge on any atom is 0.251 e. The quantitative estimate of drug-likeness (QED) is 0.905. The van der Waals surface area contributed by atoms with Crippen LogP contribution in [0.5, 0.6) is 0 Å². The lowest BCUT2D eigenvalue weighted by Gasteiger charge is -2.05. The lowest BCUT2D eigenvalue weighted by atomic mass is 10.1. The molecule has 2 N–H and O–H groups in total. The Hall–Kier alpha value is -2.21. The number of aryl methyl sites for hydroxylation is 2. The van der Waals surface area contributed by atoms with Crippen molar-refractivity contribution in [3.8, 4) is 0 Å². The van der Waals surface area contributed by atoms with Crippen molar-refractivity contribution in [2.24, 2.45) is 0 Å². The minimum atomic E-state index is -0.291. The lowest BCUT2D eigenvalue weighted by molar-refractivity contribution is -0.115. The summed E-state index contributed by atoms with van der Waals surface area (Å²) in [6.45, 7) is 3.74. The maximum atomic E-state index is 11.9. The number of carbonyl (C=O) groups is 2. The Balaban J connectivity index is 1.85. The third-order valence-corrected chi connectivity index (χ3v) is 3.39. The minimum Gasteiger partial charge on any atom is -0.343 e. The van der Waals surface area contributed by atoms with E-state index in [4.69, 9.17) is 0 Å². The SMILES string of the molecule is Cc1cccc(C(=O)NCC(=O)Nc2ncc(C)s2)c1. The van der Waals surface area contributed by atoms with Crippen molar-refractivity contribution in [3.05, 3.63) is 46.5 Å².